The number of carbonyl (C=O) groups is 3. The van der Waals surface area contributed by atoms with E-state index in [-0.39, 0.29) is 6.61 Å². The molecule has 3 atom stereocenters. The molecule has 8 heteroatoms. The second kappa shape index (κ2) is 8.96. The van der Waals surface area contributed by atoms with Crippen molar-refractivity contribution < 1.29 is 28.3 Å². The van der Waals surface area contributed by atoms with Gasteiger partial charge in [-0.15, -0.1) is 0 Å². The van der Waals surface area contributed by atoms with Crippen molar-refractivity contribution in [2.24, 2.45) is 5.92 Å². The van der Waals surface area contributed by atoms with Gasteiger partial charge in [-0.3, -0.25) is 14.4 Å². The van der Waals surface area contributed by atoms with E-state index in [1.165, 1.54) is 36.4 Å². The number of halogens is 1. The molecule has 2 aliphatic heterocycles. The van der Waals surface area contributed by atoms with Crippen LogP contribution in [-0.4, -0.2) is 30.5 Å². The van der Waals surface area contributed by atoms with E-state index in [1.807, 2.05) is 31.2 Å². The molecule has 0 aromatic heterocycles. The van der Waals surface area contributed by atoms with Gasteiger partial charge in [0.05, 0.1) is 29.6 Å². The molecule has 0 radical (unpaired) electrons. The van der Waals surface area contributed by atoms with Crippen molar-refractivity contribution in [3.05, 3.63) is 95.3 Å². The maximum atomic E-state index is 13.7. The Kier molecular flexibility index (Phi) is 5.82. The summed E-state index contributed by atoms with van der Waals surface area (Å²) in [7, 11) is 0. The highest BCUT2D eigenvalue weighted by atomic mass is 19.1. The van der Waals surface area contributed by atoms with Gasteiger partial charge in [0, 0.05) is 0 Å². The summed E-state index contributed by atoms with van der Waals surface area (Å²) in [5.74, 6) is -2.63. The van der Waals surface area contributed by atoms with E-state index in [2.05, 4.69) is 0 Å². The molecule has 35 heavy (non-hydrogen) atoms. The van der Waals surface area contributed by atoms with Crippen molar-refractivity contribution in [2.75, 3.05) is 16.6 Å². The molecule has 0 N–H and O–H groups in total. The van der Waals surface area contributed by atoms with Gasteiger partial charge in [0.25, 0.3) is 5.91 Å². The lowest BCUT2D eigenvalue weighted by molar-refractivity contribution is -0.126. The van der Waals surface area contributed by atoms with Crippen LogP contribution in [0, 0.1) is 18.7 Å². The lowest BCUT2D eigenvalue weighted by Gasteiger charge is -2.29. The van der Waals surface area contributed by atoms with Crippen LogP contribution in [0.4, 0.5) is 15.8 Å². The van der Waals surface area contributed by atoms with E-state index in [9.17, 15) is 18.8 Å². The fourth-order valence-electron chi connectivity index (χ4n) is 4.65. The smallest absolute Gasteiger partial charge is 0.338 e. The summed E-state index contributed by atoms with van der Waals surface area (Å²) >= 11 is 0. The minimum absolute atomic E-state index is 0.243. The average molecular weight is 474 g/mol. The molecule has 5 rings (SSSR count). The Morgan fingerprint density at radius 2 is 1.66 bits per heavy atom. The monoisotopic (exact) mass is 474 g/mol. The summed E-state index contributed by atoms with van der Waals surface area (Å²) in [6, 6.07) is 18.8. The van der Waals surface area contributed by atoms with Crippen LogP contribution in [0.5, 0.6) is 0 Å². The first-order valence-corrected chi connectivity index (χ1v) is 11.3. The minimum atomic E-state index is -1.04. The molecule has 2 heterocycles. The number of ether oxygens (including phenoxy) is 1. The Morgan fingerprint density at radius 3 is 2.31 bits per heavy atom. The molecule has 3 aromatic carbocycles. The SMILES string of the molecule is CCOC(=O)c1ccc(N2C(=O)[C@H]3[C@H](ON(c4ccccc4C)[C@H]3c3ccc(F)cc3)C2=O)cc1. The highest BCUT2D eigenvalue weighted by molar-refractivity contribution is 6.24. The van der Waals surface area contributed by atoms with Crippen LogP contribution >= 0.6 is 0 Å². The van der Waals surface area contributed by atoms with Gasteiger partial charge in [0.1, 0.15) is 11.7 Å². The van der Waals surface area contributed by atoms with Crippen LogP contribution in [0.15, 0.2) is 72.8 Å². The fraction of sp³-hybridized carbons (Fsp3) is 0.222. The van der Waals surface area contributed by atoms with Gasteiger partial charge in [0.15, 0.2) is 6.10 Å². The quantitative estimate of drug-likeness (QED) is 0.404. The third-order valence-corrected chi connectivity index (χ3v) is 6.32. The highest BCUT2D eigenvalue weighted by Gasteiger charge is 2.60. The van der Waals surface area contributed by atoms with E-state index >= 15 is 0 Å². The number of nitrogens with zero attached hydrogens (tertiary/aromatic N) is 2. The standard InChI is InChI=1S/C27H23FN2O5/c1-3-34-27(33)18-10-14-20(15-11-18)29-25(31)22-23(17-8-12-19(28)13-9-17)30(35-24(22)26(29)32)21-7-5-4-6-16(21)2/h4-15,22-24H,3H2,1-2H3/t22-,23+,24+/m1/s1. The second-order valence-electron chi connectivity index (χ2n) is 8.44. The maximum Gasteiger partial charge on any atom is 0.338 e. The minimum Gasteiger partial charge on any atom is -0.462 e. The van der Waals surface area contributed by atoms with E-state index in [4.69, 9.17) is 9.57 Å². The van der Waals surface area contributed by atoms with Crippen molar-refractivity contribution in [1.82, 2.24) is 0 Å². The van der Waals surface area contributed by atoms with Crippen LogP contribution in [0.25, 0.3) is 0 Å². The number of hydrogen-bond donors (Lipinski definition) is 0. The Morgan fingerprint density at radius 1 is 0.971 bits per heavy atom. The Balaban J connectivity index is 1.52. The summed E-state index contributed by atoms with van der Waals surface area (Å²) in [6.45, 7) is 3.87. The number of carbonyl (C=O) groups excluding carboxylic acids is 3. The third-order valence-electron chi connectivity index (χ3n) is 6.32. The van der Waals surface area contributed by atoms with Gasteiger partial charge < -0.3 is 4.74 Å². The molecular formula is C27H23FN2O5. The summed E-state index contributed by atoms with van der Waals surface area (Å²) in [5, 5.41) is 1.59. The number of benzene rings is 3. The zero-order valence-corrected chi connectivity index (χ0v) is 19.2. The molecular weight excluding hydrogens is 451 g/mol. The molecule has 2 fully saturated rings. The van der Waals surface area contributed by atoms with Crippen molar-refractivity contribution in [2.45, 2.75) is 26.0 Å². The van der Waals surface area contributed by atoms with Crippen LogP contribution < -0.4 is 9.96 Å². The number of esters is 1. The first-order chi connectivity index (χ1) is 16.9. The van der Waals surface area contributed by atoms with Crippen molar-refractivity contribution in [3.63, 3.8) is 0 Å². The Bertz CT molecular complexity index is 1290. The van der Waals surface area contributed by atoms with Gasteiger partial charge in [-0.25, -0.2) is 19.1 Å². The van der Waals surface area contributed by atoms with Crippen LogP contribution in [0.1, 0.15) is 34.5 Å². The van der Waals surface area contributed by atoms with Gasteiger partial charge in [-0.1, -0.05) is 30.3 Å². The summed E-state index contributed by atoms with van der Waals surface area (Å²) in [6.07, 6.45) is -1.04. The number of imide groups is 1. The molecule has 3 aromatic rings. The normalized spacial score (nSPS) is 21.4. The van der Waals surface area contributed by atoms with E-state index in [0.717, 1.165) is 16.2 Å². The Labute approximate surface area is 201 Å². The van der Waals surface area contributed by atoms with Crippen LogP contribution in [-0.2, 0) is 19.2 Å². The lowest BCUT2D eigenvalue weighted by Crippen LogP contribution is -2.37. The largest absolute Gasteiger partial charge is 0.462 e. The number of amides is 2. The van der Waals surface area contributed by atoms with Crippen molar-refractivity contribution in [1.29, 1.82) is 0 Å². The number of rotatable bonds is 5. The first kappa shape index (κ1) is 22.7. The Hall–Kier alpha value is -4.04. The van der Waals surface area contributed by atoms with Crippen molar-refractivity contribution >= 4 is 29.2 Å². The summed E-state index contributed by atoms with van der Waals surface area (Å²) in [4.78, 5) is 46.3. The number of para-hydroxylation sites is 1. The van der Waals surface area contributed by atoms with Gasteiger partial charge in [-0.05, 0) is 67.4 Å². The molecule has 0 spiro atoms. The molecule has 2 aliphatic rings. The van der Waals surface area contributed by atoms with E-state index in [1.54, 1.807) is 24.1 Å². The molecule has 0 saturated carbocycles. The zero-order valence-electron chi connectivity index (χ0n) is 19.2. The first-order valence-electron chi connectivity index (χ1n) is 11.3. The zero-order chi connectivity index (χ0) is 24.7. The van der Waals surface area contributed by atoms with Crippen molar-refractivity contribution in [3.8, 4) is 0 Å². The number of anilines is 2. The molecule has 0 bridgehead atoms. The van der Waals surface area contributed by atoms with Gasteiger partial charge >= 0.3 is 5.97 Å². The number of hydroxylamine groups is 1. The molecule has 7 nitrogen and oxygen atoms in total. The highest BCUT2D eigenvalue weighted by Crippen LogP contribution is 2.48. The molecule has 2 amide bonds. The van der Waals surface area contributed by atoms with Crippen LogP contribution in [0.2, 0.25) is 0 Å². The van der Waals surface area contributed by atoms with Gasteiger partial charge in [-0.2, -0.15) is 0 Å². The summed E-state index contributed by atoms with van der Waals surface area (Å²) in [5.41, 5.74) is 2.95. The lowest BCUT2D eigenvalue weighted by atomic mass is 9.90. The molecule has 0 unspecified atom stereocenters. The predicted octanol–water partition coefficient (Wildman–Crippen LogP) is 4.36. The molecule has 178 valence electrons. The average Bonchev–Trinajstić information content (AvgIpc) is 3.36. The van der Waals surface area contributed by atoms with Crippen LogP contribution in [0.3, 0.4) is 0 Å². The van der Waals surface area contributed by atoms with E-state index in [0.29, 0.717) is 16.8 Å². The molecule has 2 saturated heterocycles. The summed E-state index contributed by atoms with van der Waals surface area (Å²) < 4.78 is 18.7. The number of fused-ring (bicyclic) bond motifs is 1. The second-order valence-corrected chi connectivity index (χ2v) is 8.44. The third kappa shape index (κ3) is 3.85. The fourth-order valence-corrected chi connectivity index (χ4v) is 4.65. The topological polar surface area (TPSA) is 76.2 Å². The number of aryl methyl sites for hydroxylation is 1. The maximum absolute atomic E-state index is 13.7. The van der Waals surface area contributed by atoms with Gasteiger partial charge in [0.2, 0.25) is 5.91 Å². The van der Waals surface area contributed by atoms with E-state index < -0.39 is 41.7 Å². The predicted molar refractivity (Wildman–Crippen MR) is 126 cm³/mol. The molecule has 0 aliphatic carbocycles. The number of hydrogen-bond acceptors (Lipinski definition) is 6.